The van der Waals surface area contributed by atoms with E-state index < -0.39 is 23.1 Å². The number of hydrogen-bond donors (Lipinski definition) is 3. The molecule has 0 aliphatic carbocycles. The molecule has 1 aromatic heterocycles. The Kier molecular flexibility index (Phi) is 3.62. The zero-order valence-corrected chi connectivity index (χ0v) is 10.9. The number of nitrogens with one attached hydrogen (secondary N) is 1. The molecule has 0 radical (unpaired) electrons. The van der Waals surface area contributed by atoms with Crippen molar-refractivity contribution in [3.8, 4) is 0 Å². The largest absolute Gasteiger partial charge is 0.393 e. The zero-order chi connectivity index (χ0) is 14.2. The summed E-state index contributed by atoms with van der Waals surface area (Å²) in [6.45, 7) is 2.80. The minimum Gasteiger partial charge on any atom is -0.393 e. The van der Waals surface area contributed by atoms with Crippen molar-refractivity contribution < 1.29 is 14.9 Å². The number of aliphatic hydroxyl groups is 2. The van der Waals surface area contributed by atoms with Crippen LogP contribution >= 0.6 is 0 Å². The van der Waals surface area contributed by atoms with Crippen molar-refractivity contribution in [2.24, 2.45) is 5.92 Å². The Morgan fingerprint density at radius 3 is 2.63 bits per heavy atom. The quantitative estimate of drug-likeness (QED) is 0.662. The molecule has 1 fully saturated rings. The van der Waals surface area contributed by atoms with Gasteiger partial charge < -0.3 is 14.9 Å². The van der Waals surface area contributed by atoms with Crippen molar-refractivity contribution in [1.82, 2.24) is 9.55 Å². The first-order valence-electron chi connectivity index (χ1n) is 6.15. The number of rotatable bonds is 3. The predicted octanol–water partition coefficient (Wildman–Crippen LogP) is -0.877. The lowest BCUT2D eigenvalue weighted by molar-refractivity contribution is -0.134. The van der Waals surface area contributed by atoms with Crippen LogP contribution in [0, 0.1) is 12.8 Å². The van der Waals surface area contributed by atoms with Gasteiger partial charge in [0, 0.05) is 11.8 Å². The van der Waals surface area contributed by atoms with E-state index in [-0.39, 0.29) is 19.1 Å². The van der Waals surface area contributed by atoms with E-state index in [1.165, 1.54) is 10.8 Å². The number of ether oxygens (including phenoxy) is 1. The van der Waals surface area contributed by atoms with Crippen molar-refractivity contribution in [3.63, 3.8) is 0 Å². The van der Waals surface area contributed by atoms with Crippen LogP contribution in [0.25, 0.3) is 0 Å². The van der Waals surface area contributed by atoms with Crippen LogP contribution in [0.3, 0.4) is 0 Å². The van der Waals surface area contributed by atoms with Gasteiger partial charge >= 0.3 is 5.69 Å². The van der Waals surface area contributed by atoms with Crippen LogP contribution in [0.4, 0.5) is 0 Å². The Balaban J connectivity index is 2.38. The normalized spacial score (nSPS) is 25.7. The Morgan fingerprint density at radius 1 is 1.47 bits per heavy atom. The lowest BCUT2D eigenvalue weighted by Gasteiger charge is -2.28. The third-order valence-electron chi connectivity index (χ3n) is 3.82. The Morgan fingerprint density at radius 2 is 2.11 bits per heavy atom. The van der Waals surface area contributed by atoms with Crippen LogP contribution in [-0.4, -0.2) is 38.6 Å². The highest BCUT2D eigenvalue weighted by atomic mass is 16.6. The first-order valence-corrected chi connectivity index (χ1v) is 6.15. The summed E-state index contributed by atoms with van der Waals surface area (Å²) < 4.78 is 6.95. The molecule has 1 aliphatic heterocycles. The molecule has 19 heavy (non-hydrogen) atoms. The minimum absolute atomic E-state index is 0.105. The average Bonchev–Trinajstić information content (AvgIpc) is 2.71. The summed E-state index contributed by atoms with van der Waals surface area (Å²) in [5, 5.41) is 18.8. The molecule has 0 amide bonds. The molecule has 2 atom stereocenters. The van der Waals surface area contributed by atoms with E-state index in [1.54, 1.807) is 6.92 Å². The lowest BCUT2D eigenvalue weighted by atomic mass is 9.90. The van der Waals surface area contributed by atoms with E-state index in [9.17, 15) is 19.8 Å². The third kappa shape index (κ3) is 2.24. The summed E-state index contributed by atoms with van der Waals surface area (Å²) in [6, 6.07) is 0. The van der Waals surface area contributed by atoms with E-state index in [1.807, 2.05) is 6.92 Å². The maximum absolute atomic E-state index is 11.8. The second-order valence-electron chi connectivity index (χ2n) is 5.07. The molecule has 2 heterocycles. The Labute approximate surface area is 109 Å². The summed E-state index contributed by atoms with van der Waals surface area (Å²) in [4.78, 5) is 25.3. The molecule has 0 aromatic carbocycles. The molecular formula is C12H18N2O5. The standard InChI is InChI=1S/C12H18N2O5/c1-7-4-14(11(18)13-10(7)17)9-3-8(2)12(5-15,6-16)19-9/h4,8-9,15-16H,3,5-6H2,1-2H3,(H,13,17,18)/t8-,9-/m1/s1. The van der Waals surface area contributed by atoms with Gasteiger partial charge in [0.1, 0.15) is 11.8 Å². The van der Waals surface area contributed by atoms with E-state index in [4.69, 9.17) is 4.74 Å². The van der Waals surface area contributed by atoms with Crippen molar-refractivity contribution in [2.45, 2.75) is 32.1 Å². The molecule has 7 nitrogen and oxygen atoms in total. The van der Waals surface area contributed by atoms with Gasteiger partial charge in [-0.05, 0) is 19.3 Å². The van der Waals surface area contributed by atoms with Crippen LogP contribution in [0.2, 0.25) is 0 Å². The SMILES string of the molecule is Cc1cn([C@H]2C[C@@H](C)C(CO)(CO)O2)c(=O)[nH]c1=O. The van der Waals surface area contributed by atoms with Crippen molar-refractivity contribution in [3.05, 3.63) is 32.6 Å². The topological polar surface area (TPSA) is 105 Å². The smallest absolute Gasteiger partial charge is 0.330 e. The maximum Gasteiger partial charge on any atom is 0.330 e. The van der Waals surface area contributed by atoms with Gasteiger partial charge in [0.2, 0.25) is 0 Å². The molecule has 0 bridgehead atoms. The van der Waals surface area contributed by atoms with Gasteiger partial charge in [0.05, 0.1) is 13.2 Å². The van der Waals surface area contributed by atoms with Crippen LogP contribution in [0.5, 0.6) is 0 Å². The fraction of sp³-hybridized carbons (Fsp3) is 0.667. The lowest BCUT2D eigenvalue weighted by Crippen LogP contribution is -2.43. The first-order chi connectivity index (χ1) is 8.93. The predicted molar refractivity (Wildman–Crippen MR) is 66.9 cm³/mol. The highest BCUT2D eigenvalue weighted by Crippen LogP contribution is 2.40. The first kappa shape index (κ1) is 14.0. The highest BCUT2D eigenvalue weighted by Gasteiger charge is 2.46. The highest BCUT2D eigenvalue weighted by molar-refractivity contribution is 5.03. The number of aryl methyl sites for hydroxylation is 1. The van der Waals surface area contributed by atoms with Gasteiger partial charge in [-0.1, -0.05) is 6.92 Å². The van der Waals surface area contributed by atoms with E-state index in [0.717, 1.165) is 0 Å². The van der Waals surface area contributed by atoms with Gasteiger partial charge in [-0.25, -0.2) is 4.79 Å². The fourth-order valence-corrected chi connectivity index (χ4v) is 2.36. The Bertz CT molecular complexity index is 572. The molecule has 7 heteroatoms. The van der Waals surface area contributed by atoms with Crippen LogP contribution < -0.4 is 11.2 Å². The summed E-state index contributed by atoms with van der Waals surface area (Å²) in [5.74, 6) is -0.105. The van der Waals surface area contributed by atoms with E-state index in [0.29, 0.717) is 12.0 Å². The molecule has 1 saturated heterocycles. The number of aromatic nitrogens is 2. The van der Waals surface area contributed by atoms with Gasteiger partial charge in [-0.15, -0.1) is 0 Å². The molecule has 0 saturated carbocycles. The molecule has 0 unspecified atom stereocenters. The maximum atomic E-state index is 11.8. The molecule has 1 aromatic rings. The molecule has 106 valence electrons. The summed E-state index contributed by atoms with van der Waals surface area (Å²) >= 11 is 0. The Hall–Kier alpha value is -1.44. The summed E-state index contributed by atoms with van der Waals surface area (Å²) in [5.41, 5.74) is -1.63. The molecule has 1 aliphatic rings. The number of H-pyrrole nitrogens is 1. The van der Waals surface area contributed by atoms with Crippen molar-refractivity contribution in [1.29, 1.82) is 0 Å². The number of hydrogen-bond acceptors (Lipinski definition) is 5. The van der Waals surface area contributed by atoms with Gasteiger partial charge in [0.15, 0.2) is 0 Å². The summed E-state index contributed by atoms with van der Waals surface area (Å²) in [7, 11) is 0. The monoisotopic (exact) mass is 270 g/mol. The van der Waals surface area contributed by atoms with Crippen LogP contribution in [0.15, 0.2) is 15.8 Å². The van der Waals surface area contributed by atoms with Crippen molar-refractivity contribution in [2.75, 3.05) is 13.2 Å². The second-order valence-corrected chi connectivity index (χ2v) is 5.07. The van der Waals surface area contributed by atoms with Crippen molar-refractivity contribution >= 4 is 0 Å². The molecular weight excluding hydrogens is 252 g/mol. The zero-order valence-electron chi connectivity index (χ0n) is 10.9. The van der Waals surface area contributed by atoms with Gasteiger partial charge in [0.25, 0.3) is 5.56 Å². The van der Waals surface area contributed by atoms with E-state index >= 15 is 0 Å². The number of aromatic amines is 1. The second kappa shape index (κ2) is 4.92. The third-order valence-corrected chi connectivity index (χ3v) is 3.82. The van der Waals surface area contributed by atoms with Gasteiger partial charge in [-0.2, -0.15) is 0 Å². The summed E-state index contributed by atoms with van der Waals surface area (Å²) in [6.07, 6.45) is 1.31. The van der Waals surface area contributed by atoms with Crippen LogP contribution in [-0.2, 0) is 4.74 Å². The number of aliphatic hydroxyl groups excluding tert-OH is 2. The minimum atomic E-state index is -1.05. The fourth-order valence-electron chi connectivity index (χ4n) is 2.36. The molecule has 2 rings (SSSR count). The van der Waals surface area contributed by atoms with Gasteiger partial charge in [-0.3, -0.25) is 14.3 Å². The molecule has 3 N–H and O–H groups in total. The van der Waals surface area contributed by atoms with Crippen LogP contribution in [0.1, 0.15) is 25.1 Å². The molecule has 0 spiro atoms. The number of nitrogens with zero attached hydrogens (tertiary/aromatic N) is 1. The van der Waals surface area contributed by atoms with E-state index in [2.05, 4.69) is 4.98 Å². The average molecular weight is 270 g/mol.